The van der Waals surface area contributed by atoms with Crippen molar-refractivity contribution in [3.63, 3.8) is 0 Å². The first-order chi connectivity index (χ1) is 18.1. The van der Waals surface area contributed by atoms with Gasteiger partial charge in [-0.3, -0.25) is 14.8 Å². The molecule has 4 aromatic rings. The molecular weight excluding hydrogens is 499 g/mol. The molecule has 5 rings (SSSR count). The van der Waals surface area contributed by atoms with Gasteiger partial charge in [0, 0.05) is 36.5 Å². The number of aromatic nitrogens is 4. The molecule has 0 saturated heterocycles. The Morgan fingerprint density at radius 3 is 2.50 bits per heavy atom. The van der Waals surface area contributed by atoms with Crippen molar-refractivity contribution in [3.05, 3.63) is 83.7 Å². The Kier molecular flexibility index (Phi) is 6.39. The summed E-state index contributed by atoms with van der Waals surface area (Å²) in [5.41, 5.74) is 3.32. The second kappa shape index (κ2) is 9.69. The third-order valence-corrected chi connectivity index (χ3v) is 6.27. The topological polar surface area (TPSA) is 97.1 Å². The highest BCUT2D eigenvalue weighted by Gasteiger charge is 2.39. The van der Waals surface area contributed by atoms with Gasteiger partial charge in [0.1, 0.15) is 18.1 Å². The average Bonchev–Trinajstić information content (AvgIpc) is 3.45. The number of fused-ring (bicyclic) bond motifs is 1. The zero-order valence-corrected chi connectivity index (χ0v) is 20.5. The van der Waals surface area contributed by atoms with Gasteiger partial charge in [0.05, 0.1) is 17.9 Å². The first kappa shape index (κ1) is 25.1. The molecule has 0 bridgehead atoms. The van der Waals surface area contributed by atoms with Crippen molar-refractivity contribution in [2.24, 2.45) is 7.05 Å². The quantitative estimate of drug-likeness (QED) is 0.404. The lowest BCUT2D eigenvalue weighted by Crippen LogP contribution is -2.49. The summed E-state index contributed by atoms with van der Waals surface area (Å²) in [5, 5.41) is 14.5. The number of anilines is 1. The van der Waals surface area contributed by atoms with E-state index in [1.807, 2.05) is 37.3 Å². The summed E-state index contributed by atoms with van der Waals surface area (Å²) >= 11 is 0. The lowest BCUT2D eigenvalue weighted by Gasteiger charge is -2.35. The second-order valence-corrected chi connectivity index (χ2v) is 9.01. The highest BCUT2D eigenvalue weighted by molar-refractivity contribution is 5.98. The van der Waals surface area contributed by atoms with E-state index in [1.54, 1.807) is 47.0 Å². The molecule has 9 nitrogen and oxygen atoms in total. The van der Waals surface area contributed by atoms with Crippen LogP contribution in [0.4, 0.5) is 23.8 Å². The van der Waals surface area contributed by atoms with Crippen LogP contribution >= 0.6 is 0 Å². The molecule has 1 aliphatic heterocycles. The third kappa shape index (κ3) is 4.97. The van der Waals surface area contributed by atoms with Gasteiger partial charge in [-0.15, -0.1) is 0 Å². The molecule has 2 aromatic heterocycles. The normalized spacial score (nSPS) is 15.3. The Labute approximate surface area is 215 Å². The predicted molar refractivity (Wildman–Crippen MR) is 134 cm³/mol. The molecule has 1 unspecified atom stereocenters. The zero-order valence-electron chi connectivity index (χ0n) is 20.5. The maximum Gasteiger partial charge on any atom is 0.406 e. The fourth-order valence-corrected chi connectivity index (χ4v) is 4.56. The number of halogens is 3. The molecule has 0 spiro atoms. The highest BCUT2D eigenvalue weighted by atomic mass is 19.4. The van der Waals surface area contributed by atoms with Gasteiger partial charge in [-0.1, -0.05) is 36.4 Å². The minimum atomic E-state index is -4.57. The molecule has 38 heavy (non-hydrogen) atoms. The lowest BCUT2D eigenvalue weighted by molar-refractivity contribution is -0.141. The van der Waals surface area contributed by atoms with Crippen molar-refractivity contribution in [1.29, 1.82) is 0 Å². The maximum atomic E-state index is 13.2. The average molecular weight is 524 g/mol. The van der Waals surface area contributed by atoms with Crippen LogP contribution in [0, 0.1) is 6.92 Å². The van der Waals surface area contributed by atoms with E-state index in [9.17, 15) is 22.8 Å². The Balaban J connectivity index is 1.45. The van der Waals surface area contributed by atoms with Crippen molar-refractivity contribution >= 4 is 17.8 Å². The number of nitrogens with one attached hydrogen (secondary N) is 2. The first-order valence-electron chi connectivity index (χ1n) is 11.8. The van der Waals surface area contributed by atoms with Crippen LogP contribution in [0.25, 0.3) is 16.9 Å². The molecule has 0 saturated carbocycles. The van der Waals surface area contributed by atoms with Crippen LogP contribution in [0.1, 0.15) is 27.5 Å². The van der Waals surface area contributed by atoms with Gasteiger partial charge in [0.2, 0.25) is 0 Å². The number of nitrogens with zero attached hydrogens (tertiary/aromatic N) is 5. The van der Waals surface area contributed by atoms with E-state index in [2.05, 4.69) is 15.7 Å². The van der Waals surface area contributed by atoms with Crippen LogP contribution in [0.3, 0.4) is 0 Å². The van der Waals surface area contributed by atoms with E-state index in [0.29, 0.717) is 33.2 Å². The summed E-state index contributed by atoms with van der Waals surface area (Å²) in [6, 6.07) is 14.0. The van der Waals surface area contributed by atoms with Crippen molar-refractivity contribution < 1.29 is 22.8 Å². The number of rotatable bonds is 5. The van der Waals surface area contributed by atoms with Crippen molar-refractivity contribution in [1.82, 2.24) is 29.8 Å². The Morgan fingerprint density at radius 1 is 1.11 bits per heavy atom. The molecular formula is C26H24F3N7O2. The van der Waals surface area contributed by atoms with Gasteiger partial charge in [0.25, 0.3) is 5.91 Å². The summed E-state index contributed by atoms with van der Waals surface area (Å²) in [5.74, 6) is -0.338. The molecule has 12 heteroatoms. The minimum Gasteiger partial charge on any atom is -0.329 e. The molecule has 2 aromatic carbocycles. The third-order valence-electron chi connectivity index (χ3n) is 6.27. The smallest absolute Gasteiger partial charge is 0.329 e. The number of hydrogen-bond acceptors (Lipinski definition) is 4. The van der Waals surface area contributed by atoms with E-state index < -0.39 is 30.7 Å². The summed E-state index contributed by atoms with van der Waals surface area (Å²) in [6.45, 7) is 0.0823. The zero-order chi connectivity index (χ0) is 27.0. The number of carbonyl (C=O) groups excluding carboxylic acids is 2. The number of benzene rings is 2. The lowest BCUT2D eigenvalue weighted by atomic mass is 9.94. The molecule has 1 atom stereocenters. The number of alkyl halides is 3. The van der Waals surface area contributed by atoms with Gasteiger partial charge < -0.3 is 10.2 Å². The van der Waals surface area contributed by atoms with E-state index in [0.717, 1.165) is 5.56 Å². The fraction of sp³-hybridized carbons (Fsp3) is 0.231. The molecule has 3 amide bonds. The Hall–Kier alpha value is -4.61. The highest BCUT2D eigenvalue weighted by Crippen LogP contribution is 2.32. The first-order valence-corrected chi connectivity index (χ1v) is 11.8. The van der Waals surface area contributed by atoms with Gasteiger partial charge in [-0.2, -0.15) is 23.4 Å². The molecule has 0 fully saturated rings. The van der Waals surface area contributed by atoms with Crippen LogP contribution in [0.5, 0.6) is 0 Å². The summed E-state index contributed by atoms with van der Waals surface area (Å²) in [4.78, 5) is 26.6. The standard InChI is InChI=1S/C26H24F3N7O2/c1-16-22(17-12-30-34(2)13-17)33-36(18-8-4-3-5-9-18)23(16)32-25(38)31-21-14-35(15-26(27,28)29)24(37)20-11-7-6-10-19(20)21/h3-13,21H,14-15H2,1-2H3,(H2,31,32,38). The second-order valence-electron chi connectivity index (χ2n) is 9.01. The number of carbonyl (C=O) groups is 2. The molecule has 196 valence electrons. The molecule has 0 aliphatic carbocycles. The van der Waals surface area contributed by atoms with Crippen LogP contribution in [-0.2, 0) is 7.05 Å². The molecule has 1 aliphatic rings. The number of urea groups is 1. The monoisotopic (exact) mass is 523 g/mol. The summed E-state index contributed by atoms with van der Waals surface area (Å²) in [6.07, 6.45) is -1.10. The van der Waals surface area contributed by atoms with Crippen LogP contribution in [-0.4, -0.2) is 55.7 Å². The van der Waals surface area contributed by atoms with E-state index >= 15 is 0 Å². The minimum absolute atomic E-state index is 0.123. The number of amides is 3. The number of aryl methyl sites for hydroxylation is 1. The molecule has 3 heterocycles. The Bertz CT molecular complexity index is 1490. The summed E-state index contributed by atoms with van der Waals surface area (Å²) < 4.78 is 42.7. The van der Waals surface area contributed by atoms with E-state index in [-0.39, 0.29) is 12.1 Å². The van der Waals surface area contributed by atoms with Crippen LogP contribution < -0.4 is 10.6 Å². The SMILES string of the molecule is Cc1c(-c2cnn(C)c2)nn(-c2ccccc2)c1NC(=O)NC1CN(CC(F)(F)F)C(=O)c2ccccc21. The van der Waals surface area contributed by atoms with E-state index in [4.69, 9.17) is 5.10 Å². The maximum absolute atomic E-state index is 13.2. The largest absolute Gasteiger partial charge is 0.406 e. The predicted octanol–water partition coefficient (Wildman–Crippen LogP) is 4.46. The number of hydrogen-bond donors (Lipinski definition) is 2. The number of para-hydroxylation sites is 1. The van der Waals surface area contributed by atoms with Crippen LogP contribution in [0.2, 0.25) is 0 Å². The van der Waals surface area contributed by atoms with Gasteiger partial charge in [0.15, 0.2) is 0 Å². The van der Waals surface area contributed by atoms with Crippen molar-refractivity contribution in [3.8, 4) is 16.9 Å². The Morgan fingerprint density at radius 2 is 1.82 bits per heavy atom. The van der Waals surface area contributed by atoms with Gasteiger partial charge >= 0.3 is 12.2 Å². The van der Waals surface area contributed by atoms with Gasteiger partial charge in [-0.05, 0) is 30.7 Å². The van der Waals surface area contributed by atoms with Gasteiger partial charge in [-0.25, -0.2) is 9.48 Å². The molecule has 2 N–H and O–H groups in total. The van der Waals surface area contributed by atoms with Crippen molar-refractivity contribution in [2.75, 3.05) is 18.4 Å². The van der Waals surface area contributed by atoms with E-state index in [1.165, 1.54) is 6.07 Å². The summed E-state index contributed by atoms with van der Waals surface area (Å²) in [7, 11) is 1.79. The van der Waals surface area contributed by atoms with Crippen molar-refractivity contribution in [2.45, 2.75) is 19.1 Å². The van der Waals surface area contributed by atoms with Crippen LogP contribution in [0.15, 0.2) is 67.0 Å². The molecule has 0 radical (unpaired) electrons. The fourth-order valence-electron chi connectivity index (χ4n) is 4.56.